The van der Waals surface area contributed by atoms with Crippen molar-refractivity contribution in [1.29, 1.82) is 0 Å². The predicted molar refractivity (Wildman–Crippen MR) is 66.2 cm³/mol. The van der Waals surface area contributed by atoms with Crippen molar-refractivity contribution in [2.24, 2.45) is 17.3 Å². The molecule has 3 heteroatoms. The fraction of sp³-hybridized carbons (Fsp3) is 0.692. The van der Waals surface area contributed by atoms with E-state index in [0.29, 0.717) is 35.2 Å². The van der Waals surface area contributed by atoms with Crippen molar-refractivity contribution in [1.82, 2.24) is 0 Å². The normalized spacial score (nSPS) is 33.6. The van der Waals surface area contributed by atoms with Crippen molar-refractivity contribution in [3.05, 3.63) is 10.5 Å². The van der Waals surface area contributed by atoms with E-state index in [0.717, 1.165) is 10.5 Å². The molecule has 2 saturated carbocycles. The molecule has 2 fully saturated rings. The number of carbonyl (C=O) groups is 2. The third-order valence-corrected chi connectivity index (χ3v) is 5.14. The second-order valence-electron chi connectivity index (χ2n) is 5.49. The average Bonchev–Trinajstić information content (AvgIpc) is 2.59. The lowest BCUT2D eigenvalue weighted by molar-refractivity contribution is -0.116. The Kier molecular flexibility index (Phi) is 2.77. The van der Waals surface area contributed by atoms with Gasteiger partial charge in [-0.3, -0.25) is 9.59 Å². The van der Waals surface area contributed by atoms with Gasteiger partial charge in [-0.2, -0.15) is 0 Å². The van der Waals surface area contributed by atoms with Gasteiger partial charge < -0.3 is 0 Å². The second kappa shape index (κ2) is 3.73. The zero-order valence-electron chi connectivity index (χ0n) is 10.3. The van der Waals surface area contributed by atoms with E-state index in [-0.39, 0.29) is 5.78 Å². The predicted octanol–water partition coefficient (Wildman–Crippen LogP) is 2.83. The molecule has 2 unspecified atom stereocenters. The van der Waals surface area contributed by atoms with Crippen molar-refractivity contribution < 1.29 is 9.59 Å². The molecule has 16 heavy (non-hydrogen) atoms. The summed E-state index contributed by atoms with van der Waals surface area (Å²) in [6.07, 6.45) is 0.713. The molecule has 2 atom stereocenters. The Balaban J connectivity index is 2.16. The first-order valence-corrected chi connectivity index (χ1v) is 6.70. The highest BCUT2D eigenvalue weighted by Crippen LogP contribution is 2.68. The number of hydrogen-bond acceptors (Lipinski definition) is 3. The smallest absolute Gasteiger partial charge is 0.160 e. The molecule has 0 saturated heterocycles. The van der Waals surface area contributed by atoms with Gasteiger partial charge >= 0.3 is 0 Å². The number of rotatable bonds is 3. The molecule has 2 aliphatic rings. The molecule has 0 aromatic rings. The quantitative estimate of drug-likeness (QED) is 0.709. The van der Waals surface area contributed by atoms with Crippen LogP contribution in [0, 0.1) is 17.3 Å². The largest absolute Gasteiger partial charge is 0.299 e. The van der Waals surface area contributed by atoms with Crippen LogP contribution in [0.3, 0.4) is 0 Å². The number of fused-ring (bicyclic) bond motifs is 1. The molecule has 0 N–H and O–H groups in total. The minimum atomic E-state index is 0.169. The minimum absolute atomic E-state index is 0.169. The summed E-state index contributed by atoms with van der Waals surface area (Å²) < 4.78 is 0. The van der Waals surface area contributed by atoms with Crippen LogP contribution >= 0.6 is 11.8 Å². The summed E-state index contributed by atoms with van der Waals surface area (Å²) in [5.41, 5.74) is 1.32. The molecule has 0 radical (unpaired) electrons. The van der Waals surface area contributed by atoms with Gasteiger partial charge in [0.2, 0.25) is 0 Å². The zero-order chi connectivity index (χ0) is 12.1. The Morgan fingerprint density at radius 3 is 2.56 bits per heavy atom. The summed E-state index contributed by atoms with van der Waals surface area (Å²) in [4.78, 5) is 23.8. The van der Waals surface area contributed by atoms with Crippen LogP contribution < -0.4 is 0 Å². The summed E-state index contributed by atoms with van der Waals surface area (Å²) in [5.74, 6) is 1.98. The van der Waals surface area contributed by atoms with E-state index >= 15 is 0 Å². The van der Waals surface area contributed by atoms with Gasteiger partial charge in [0, 0.05) is 12.0 Å². The Bertz CT molecular complexity index is 393. The lowest BCUT2D eigenvalue weighted by atomic mass is 9.96. The molecule has 0 spiro atoms. The molecule has 0 aromatic heterocycles. The van der Waals surface area contributed by atoms with Crippen LogP contribution in [0.5, 0.6) is 0 Å². The number of Topliss-reactive ketones (excluding diaryl/α,β-unsaturated/α-hetero) is 2. The zero-order valence-corrected chi connectivity index (χ0v) is 11.1. The molecular formula is C13H18O2S. The molecule has 88 valence electrons. The van der Waals surface area contributed by atoms with Crippen molar-refractivity contribution in [3.8, 4) is 0 Å². The van der Waals surface area contributed by atoms with E-state index in [1.54, 1.807) is 6.92 Å². The Labute approximate surface area is 101 Å². The van der Waals surface area contributed by atoms with Crippen molar-refractivity contribution in [3.63, 3.8) is 0 Å². The maximum Gasteiger partial charge on any atom is 0.160 e. The second-order valence-corrected chi connectivity index (χ2v) is 6.68. The molecule has 2 rings (SSSR count). The molecule has 2 nitrogen and oxygen atoms in total. The molecule has 0 amide bonds. The molecule has 0 heterocycles. The highest BCUT2D eigenvalue weighted by atomic mass is 32.2. The first-order valence-electron chi connectivity index (χ1n) is 5.72. The van der Waals surface area contributed by atoms with Gasteiger partial charge in [0.15, 0.2) is 5.78 Å². The van der Waals surface area contributed by atoms with E-state index in [4.69, 9.17) is 0 Å². The summed E-state index contributed by atoms with van der Waals surface area (Å²) in [6.45, 7) is 8.04. The molecule has 0 aromatic carbocycles. The van der Waals surface area contributed by atoms with E-state index < -0.39 is 0 Å². The van der Waals surface area contributed by atoms with Gasteiger partial charge in [-0.25, -0.2) is 0 Å². The first kappa shape index (κ1) is 11.9. The van der Waals surface area contributed by atoms with E-state index in [1.807, 2.05) is 6.92 Å². The topological polar surface area (TPSA) is 34.1 Å². The van der Waals surface area contributed by atoms with Gasteiger partial charge in [0.25, 0.3) is 0 Å². The molecule has 0 aliphatic heterocycles. The SMILES string of the molecule is CC(=O)CS/C(C)=C1\C(=O)CC2C1C2(C)C. The van der Waals surface area contributed by atoms with Crippen LogP contribution in [0.25, 0.3) is 0 Å². The Morgan fingerprint density at radius 1 is 1.44 bits per heavy atom. The third kappa shape index (κ3) is 1.75. The van der Waals surface area contributed by atoms with E-state index in [2.05, 4.69) is 13.8 Å². The number of ketones is 2. The maximum absolute atomic E-state index is 11.8. The lowest BCUT2D eigenvalue weighted by Crippen LogP contribution is -2.09. The summed E-state index contributed by atoms with van der Waals surface area (Å²) in [7, 11) is 0. The van der Waals surface area contributed by atoms with Crippen LogP contribution in [-0.4, -0.2) is 17.3 Å². The summed E-state index contributed by atoms with van der Waals surface area (Å²) >= 11 is 1.53. The molecule has 2 aliphatic carbocycles. The third-order valence-electron chi connectivity index (χ3n) is 3.94. The van der Waals surface area contributed by atoms with Crippen LogP contribution in [0.4, 0.5) is 0 Å². The number of hydrogen-bond donors (Lipinski definition) is 0. The van der Waals surface area contributed by atoms with E-state index in [9.17, 15) is 9.59 Å². The van der Waals surface area contributed by atoms with Crippen molar-refractivity contribution in [2.75, 3.05) is 5.75 Å². The van der Waals surface area contributed by atoms with Crippen LogP contribution in [-0.2, 0) is 9.59 Å². The van der Waals surface area contributed by atoms with Crippen LogP contribution in [0.1, 0.15) is 34.1 Å². The van der Waals surface area contributed by atoms with Crippen molar-refractivity contribution in [2.45, 2.75) is 34.1 Å². The summed E-state index contributed by atoms with van der Waals surface area (Å²) in [5, 5.41) is 0. The van der Waals surface area contributed by atoms with Gasteiger partial charge in [-0.1, -0.05) is 13.8 Å². The van der Waals surface area contributed by atoms with Crippen LogP contribution in [0.2, 0.25) is 0 Å². The van der Waals surface area contributed by atoms with Crippen molar-refractivity contribution >= 4 is 23.3 Å². The van der Waals surface area contributed by atoms with E-state index in [1.165, 1.54) is 11.8 Å². The van der Waals surface area contributed by atoms with Gasteiger partial charge in [0.05, 0.1) is 5.75 Å². The standard InChI is InChI=1S/C13H18O2S/c1-7(14)6-16-8(2)11-10(15)5-9-12(11)13(9,3)4/h9,12H,5-6H2,1-4H3/b11-8+. The lowest BCUT2D eigenvalue weighted by Gasteiger charge is -2.12. The Hall–Kier alpha value is -0.570. The summed E-state index contributed by atoms with van der Waals surface area (Å²) in [6, 6.07) is 0. The highest BCUT2D eigenvalue weighted by Gasteiger charge is 2.65. The Morgan fingerprint density at radius 2 is 2.06 bits per heavy atom. The minimum Gasteiger partial charge on any atom is -0.299 e. The fourth-order valence-corrected chi connectivity index (χ4v) is 3.70. The highest BCUT2D eigenvalue weighted by molar-refractivity contribution is 8.03. The fourth-order valence-electron chi connectivity index (χ4n) is 2.88. The maximum atomic E-state index is 11.8. The number of allylic oxidation sites excluding steroid dienone is 2. The number of thioether (sulfide) groups is 1. The van der Waals surface area contributed by atoms with Crippen LogP contribution in [0.15, 0.2) is 10.5 Å². The molecule has 0 bridgehead atoms. The number of carbonyl (C=O) groups excluding carboxylic acids is 2. The van der Waals surface area contributed by atoms with Gasteiger partial charge in [-0.15, -0.1) is 11.8 Å². The monoisotopic (exact) mass is 238 g/mol. The average molecular weight is 238 g/mol. The molecular weight excluding hydrogens is 220 g/mol. The van der Waals surface area contributed by atoms with Gasteiger partial charge in [-0.05, 0) is 36.0 Å². The van der Waals surface area contributed by atoms with Gasteiger partial charge in [0.1, 0.15) is 5.78 Å². The first-order chi connectivity index (χ1) is 7.35.